The van der Waals surface area contributed by atoms with Crippen LogP contribution in [0.4, 0.5) is 5.69 Å². The summed E-state index contributed by atoms with van der Waals surface area (Å²) in [6.07, 6.45) is 1.54. The lowest BCUT2D eigenvalue weighted by molar-refractivity contribution is 0.0956. The zero-order chi connectivity index (χ0) is 23.1. The number of nitrogens with one attached hydrogen (secondary N) is 2. The monoisotopic (exact) mass is 451 g/mol. The molecule has 0 spiro atoms. The van der Waals surface area contributed by atoms with Crippen LogP contribution in [0, 0.1) is 6.92 Å². The number of nitrogens with zero attached hydrogens (tertiary/aromatic N) is 1. The maximum atomic E-state index is 12.8. The topological polar surface area (TPSA) is 89.0 Å². The van der Waals surface area contributed by atoms with E-state index in [-0.39, 0.29) is 11.3 Å². The second kappa shape index (κ2) is 10.5. The van der Waals surface area contributed by atoms with E-state index in [0.29, 0.717) is 22.1 Å². The Bertz CT molecular complexity index is 1160. The Labute approximate surface area is 191 Å². The molecule has 0 aliphatic heterocycles. The van der Waals surface area contributed by atoms with Gasteiger partial charge in [0.1, 0.15) is 0 Å². The van der Waals surface area contributed by atoms with Crippen LogP contribution in [-0.4, -0.2) is 32.2 Å². The van der Waals surface area contributed by atoms with Crippen LogP contribution in [0.5, 0.6) is 11.5 Å². The van der Waals surface area contributed by atoms with E-state index in [1.54, 1.807) is 24.3 Å². The summed E-state index contributed by atoms with van der Waals surface area (Å²) in [5.41, 5.74) is 5.22. The van der Waals surface area contributed by atoms with Crippen molar-refractivity contribution < 1.29 is 19.1 Å². The Kier molecular flexibility index (Phi) is 7.46. The zero-order valence-electron chi connectivity index (χ0n) is 17.8. The minimum Gasteiger partial charge on any atom is -0.493 e. The fraction of sp³-hybridized carbons (Fsp3) is 0.125. The largest absolute Gasteiger partial charge is 0.493 e. The first-order valence-electron chi connectivity index (χ1n) is 9.64. The number of hydrazone groups is 1. The van der Waals surface area contributed by atoms with Crippen molar-refractivity contribution in [1.29, 1.82) is 0 Å². The summed E-state index contributed by atoms with van der Waals surface area (Å²) in [6, 6.07) is 17.0. The smallest absolute Gasteiger partial charge is 0.273 e. The third-order valence-corrected chi connectivity index (χ3v) is 4.81. The van der Waals surface area contributed by atoms with Gasteiger partial charge in [-0.05, 0) is 48.9 Å². The molecule has 32 heavy (non-hydrogen) atoms. The highest BCUT2D eigenvalue weighted by Gasteiger charge is 2.16. The SMILES string of the molecule is COc1ccc(C(=O)Nc2cc(Cl)ccc2C(=O)N/N=C/c2ccc(C)cc2)cc1OC. The lowest BCUT2D eigenvalue weighted by Gasteiger charge is -2.12. The van der Waals surface area contributed by atoms with E-state index in [4.69, 9.17) is 21.1 Å². The molecule has 2 amide bonds. The minimum atomic E-state index is -0.493. The molecule has 164 valence electrons. The summed E-state index contributed by atoms with van der Waals surface area (Å²) in [5, 5.41) is 7.08. The minimum absolute atomic E-state index is 0.212. The number of hydrogen-bond acceptors (Lipinski definition) is 5. The van der Waals surface area contributed by atoms with Crippen LogP contribution < -0.4 is 20.2 Å². The summed E-state index contributed by atoms with van der Waals surface area (Å²) < 4.78 is 10.4. The molecule has 8 heteroatoms. The second-order valence-electron chi connectivity index (χ2n) is 6.82. The molecule has 0 unspecified atom stereocenters. The normalized spacial score (nSPS) is 10.6. The number of hydrogen-bond donors (Lipinski definition) is 2. The second-order valence-corrected chi connectivity index (χ2v) is 7.26. The standard InChI is InChI=1S/C24H22ClN3O4/c1-15-4-6-16(7-5-15)14-26-28-24(30)19-10-9-18(25)13-20(19)27-23(29)17-8-11-21(31-2)22(12-17)32-3/h4-14H,1-3H3,(H,27,29)(H,28,30)/b26-14+. The van der Waals surface area contributed by atoms with Crippen molar-refractivity contribution in [2.75, 3.05) is 19.5 Å². The third kappa shape index (κ3) is 5.65. The first kappa shape index (κ1) is 22.8. The molecule has 0 radical (unpaired) electrons. The number of halogens is 1. The van der Waals surface area contributed by atoms with Gasteiger partial charge in [-0.15, -0.1) is 0 Å². The van der Waals surface area contributed by atoms with Crippen molar-refractivity contribution in [2.45, 2.75) is 6.92 Å². The average Bonchev–Trinajstić information content (AvgIpc) is 2.79. The van der Waals surface area contributed by atoms with E-state index in [1.807, 2.05) is 31.2 Å². The van der Waals surface area contributed by atoms with Crippen LogP contribution in [0.2, 0.25) is 5.02 Å². The number of carbonyl (C=O) groups is 2. The van der Waals surface area contributed by atoms with Gasteiger partial charge in [0.15, 0.2) is 11.5 Å². The van der Waals surface area contributed by atoms with Gasteiger partial charge in [0.2, 0.25) is 0 Å². The lowest BCUT2D eigenvalue weighted by atomic mass is 10.1. The first-order valence-corrected chi connectivity index (χ1v) is 10.0. The highest BCUT2D eigenvalue weighted by molar-refractivity contribution is 6.31. The van der Waals surface area contributed by atoms with Gasteiger partial charge in [-0.3, -0.25) is 9.59 Å². The maximum absolute atomic E-state index is 12.8. The molecule has 7 nitrogen and oxygen atoms in total. The molecule has 0 bridgehead atoms. The predicted octanol–water partition coefficient (Wildman–Crippen LogP) is 4.68. The molecule has 3 rings (SSSR count). The summed E-state index contributed by atoms with van der Waals surface area (Å²) >= 11 is 6.09. The van der Waals surface area contributed by atoms with E-state index in [1.165, 1.54) is 32.6 Å². The Morgan fingerprint density at radius 1 is 0.906 bits per heavy atom. The molecule has 0 heterocycles. The van der Waals surface area contributed by atoms with Gasteiger partial charge in [0, 0.05) is 10.6 Å². The third-order valence-electron chi connectivity index (χ3n) is 4.58. The van der Waals surface area contributed by atoms with Crippen LogP contribution in [0.15, 0.2) is 65.8 Å². The molecule has 3 aromatic carbocycles. The molecular formula is C24H22ClN3O4. The quantitative estimate of drug-likeness (QED) is 0.403. The highest BCUT2D eigenvalue weighted by atomic mass is 35.5. The summed E-state index contributed by atoms with van der Waals surface area (Å²) in [4.78, 5) is 25.4. The van der Waals surface area contributed by atoms with E-state index < -0.39 is 11.8 Å². The molecule has 0 saturated heterocycles. The Morgan fingerprint density at radius 3 is 2.31 bits per heavy atom. The first-order chi connectivity index (χ1) is 15.4. The summed E-state index contributed by atoms with van der Waals surface area (Å²) in [7, 11) is 2.99. The van der Waals surface area contributed by atoms with Gasteiger partial charge in [0.25, 0.3) is 11.8 Å². The fourth-order valence-electron chi connectivity index (χ4n) is 2.87. The molecule has 0 atom stereocenters. The van der Waals surface area contributed by atoms with E-state index in [0.717, 1.165) is 11.1 Å². The number of carbonyl (C=O) groups excluding carboxylic acids is 2. The number of anilines is 1. The predicted molar refractivity (Wildman–Crippen MR) is 125 cm³/mol. The van der Waals surface area contributed by atoms with E-state index in [9.17, 15) is 9.59 Å². The molecule has 0 aliphatic rings. The number of ether oxygens (including phenoxy) is 2. The number of amides is 2. The van der Waals surface area contributed by atoms with Gasteiger partial charge >= 0.3 is 0 Å². The lowest BCUT2D eigenvalue weighted by Crippen LogP contribution is -2.21. The zero-order valence-corrected chi connectivity index (χ0v) is 18.6. The van der Waals surface area contributed by atoms with Gasteiger partial charge in [-0.2, -0.15) is 5.10 Å². The van der Waals surface area contributed by atoms with Crippen molar-refractivity contribution in [2.24, 2.45) is 5.10 Å². The summed E-state index contributed by atoms with van der Waals surface area (Å²) in [5.74, 6) is -0.0222. The maximum Gasteiger partial charge on any atom is 0.273 e. The van der Waals surface area contributed by atoms with Crippen LogP contribution >= 0.6 is 11.6 Å². The van der Waals surface area contributed by atoms with Crippen molar-refractivity contribution in [3.05, 3.63) is 87.9 Å². The van der Waals surface area contributed by atoms with Crippen LogP contribution in [0.25, 0.3) is 0 Å². The number of aryl methyl sites for hydroxylation is 1. The van der Waals surface area contributed by atoms with E-state index in [2.05, 4.69) is 15.8 Å². The van der Waals surface area contributed by atoms with Crippen molar-refractivity contribution in [1.82, 2.24) is 5.43 Å². The fourth-order valence-corrected chi connectivity index (χ4v) is 3.04. The van der Waals surface area contributed by atoms with Crippen molar-refractivity contribution in [3.63, 3.8) is 0 Å². The van der Waals surface area contributed by atoms with Gasteiger partial charge in [0.05, 0.1) is 31.7 Å². The van der Waals surface area contributed by atoms with Gasteiger partial charge in [-0.1, -0.05) is 41.4 Å². The molecular weight excluding hydrogens is 430 g/mol. The van der Waals surface area contributed by atoms with Crippen molar-refractivity contribution in [3.8, 4) is 11.5 Å². The van der Waals surface area contributed by atoms with Gasteiger partial charge in [-0.25, -0.2) is 5.43 Å². The molecule has 0 saturated carbocycles. The van der Waals surface area contributed by atoms with E-state index >= 15 is 0 Å². The summed E-state index contributed by atoms with van der Waals surface area (Å²) in [6.45, 7) is 1.99. The number of methoxy groups -OCH3 is 2. The van der Waals surface area contributed by atoms with Crippen LogP contribution in [0.3, 0.4) is 0 Å². The van der Waals surface area contributed by atoms with Gasteiger partial charge < -0.3 is 14.8 Å². The Hall–Kier alpha value is -3.84. The molecule has 0 aliphatic carbocycles. The molecule has 0 aromatic heterocycles. The molecule has 2 N–H and O–H groups in total. The van der Waals surface area contributed by atoms with Crippen LogP contribution in [0.1, 0.15) is 31.8 Å². The Balaban J connectivity index is 1.77. The van der Waals surface area contributed by atoms with Crippen LogP contribution in [-0.2, 0) is 0 Å². The molecule has 0 fully saturated rings. The Morgan fingerprint density at radius 2 is 1.62 bits per heavy atom. The van der Waals surface area contributed by atoms with Crippen molar-refractivity contribution >= 4 is 35.3 Å². The number of rotatable bonds is 7. The highest BCUT2D eigenvalue weighted by Crippen LogP contribution is 2.28. The average molecular weight is 452 g/mol. The number of benzene rings is 3. The molecule has 3 aromatic rings.